The van der Waals surface area contributed by atoms with Gasteiger partial charge in [0.15, 0.2) is 0 Å². The summed E-state index contributed by atoms with van der Waals surface area (Å²) in [6, 6.07) is 12.7. The predicted octanol–water partition coefficient (Wildman–Crippen LogP) is 2.59. The fourth-order valence-corrected chi connectivity index (χ4v) is 2.97. The maximum absolute atomic E-state index is 13.6. The minimum Gasteiger partial charge on any atom is -0.465 e. The van der Waals surface area contributed by atoms with Crippen molar-refractivity contribution in [1.82, 2.24) is 5.32 Å². The van der Waals surface area contributed by atoms with Gasteiger partial charge >= 0.3 is 6.09 Å². The van der Waals surface area contributed by atoms with Crippen LogP contribution in [-0.4, -0.2) is 29.7 Å². The molecule has 0 unspecified atom stereocenters. The molecule has 2 N–H and O–H groups in total. The van der Waals surface area contributed by atoms with Gasteiger partial charge in [-0.05, 0) is 29.7 Å². The van der Waals surface area contributed by atoms with Crippen molar-refractivity contribution >= 4 is 17.7 Å². The Labute approximate surface area is 138 Å². The highest BCUT2D eigenvalue weighted by Crippen LogP contribution is 2.32. The summed E-state index contributed by atoms with van der Waals surface area (Å²) in [5.41, 5.74) is 1.89. The molecule has 2 amide bonds. The summed E-state index contributed by atoms with van der Waals surface area (Å²) in [7, 11) is 0. The Bertz CT molecular complexity index is 778. The zero-order chi connectivity index (χ0) is 17.1. The van der Waals surface area contributed by atoms with Crippen LogP contribution in [0, 0.1) is 5.82 Å². The van der Waals surface area contributed by atoms with Crippen molar-refractivity contribution in [2.24, 2.45) is 0 Å². The van der Waals surface area contributed by atoms with E-state index in [1.807, 2.05) is 12.1 Å². The van der Waals surface area contributed by atoms with Crippen LogP contribution < -0.4 is 10.2 Å². The van der Waals surface area contributed by atoms with E-state index in [9.17, 15) is 19.1 Å². The molecule has 124 valence electrons. The molecule has 1 heterocycles. The molecule has 5 nitrogen and oxygen atoms in total. The molecular weight excluding hydrogens is 311 g/mol. The summed E-state index contributed by atoms with van der Waals surface area (Å²) in [5, 5.41) is 12.1. The van der Waals surface area contributed by atoms with Crippen LogP contribution in [0.3, 0.4) is 0 Å². The second-order valence-electron chi connectivity index (χ2n) is 5.63. The summed E-state index contributed by atoms with van der Waals surface area (Å²) in [5.74, 6) is -0.683. The lowest BCUT2D eigenvalue weighted by Gasteiger charge is -2.21. The lowest BCUT2D eigenvalue weighted by atomic mass is 10.1. The lowest BCUT2D eigenvalue weighted by molar-refractivity contribution is -0.122. The standard InChI is InChI=1S/C18H17FN2O3/c19-14-7-3-1-5-12(14)9-10-20-17(22)16-11-13-6-2-4-8-15(13)21(16)18(23)24/h1-8,16H,9-11H2,(H,20,22)(H,23,24)/t16-/m0/s1. The van der Waals surface area contributed by atoms with Gasteiger partial charge in [0, 0.05) is 13.0 Å². The average Bonchev–Trinajstić information content (AvgIpc) is 2.96. The van der Waals surface area contributed by atoms with Crippen molar-refractivity contribution in [1.29, 1.82) is 0 Å². The molecule has 6 heteroatoms. The molecule has 0 radical (unpaired) electrons. The normalized spacial score (nSPS) is 15.9. The summed E-state index contributed by atoms with van der Waals surface area (Å²) in [6.45, 7) is 0.250. The van der Waals surface area contributed by atoms with Crippen LogP contribution in [0.1, 0.15) is 11.1 Å². The number of carbonyl (C=O) groups is 2. The third kappa shape index (κ3) is 3.08. The van der Waals surface area contributed by atoms with Gasteiger partial charge in [-0.2, -0.15) is 0 Å². The maximum atomic E-state index is 13.6. The Morgan fingerprint density at radius 1 is 1.17 bits per heavy atom. The number of rotatable bonds is 4. The first kappa shape index (κ1) is 16.0. The van der Waals surface area contributed by atoms with Gasteiger partial charge in [0.1, 0.15) is 11.9 Å². The van der Waals surface area contributed by atoms with Crippen LogP contribution in [0.4, 0.5) is 14.9 Å². The SMILES string of the molecule is O=C(NCCc1ccccc1F)[C@@H]1Cc2ccccc2N1C(=O)O. The molecule has 2 aromatic rings. The zero-order valence-electron chi connectivity index (χ0n) is 12.9. The Hall–Kier alpha value is -2.89. The van der Waals surface area contributed by atoms with Gasteiger partial charge in [-0.3, -0.25) is 9.69 Å². The molecule has 0 saturated carbocycles. The van der Waals surface area contributed by atoms with Crippen LogP contribution in [0.15, 0.2) is 48.5 Å². The van der Waals surface area contributed by atoms with E-state index in [2.05, 4.69) is 5.32 Å². The predicted molar refractivity (Wildman–Crippen MR) is 87.6 cm³/mol. The van der Waals surface area contributed by atoms with E-state index in [4.69, 9.17) is 0 Å². The average molecular weight is 328 g/mol. The summed E-state index contributed by atoms with van der Waals surface area (Å²) < 4.78 is 13.6. The number of carboxylic acid groups (broad SMARTS) is 1. The first-order chi connectivity index (χ1) is 11.6. The van der Waals surface area contributed by atoms with Crippen LogP contribution >= 0.6 is 0 Å². The Morgan fingerprint density at radius 3 is 2.62 bits per heavy atom. The first-order valence-electron chi connectivity index (χ1n) is 7.69. The van der Waals surface area contributed by atoms with Gasteiger partial charge in [0.2, 0.25) is 5.91 Å². The minimum atomic E-state index is -1.16. The largest absolute Gasteiger partial charge is 0.465 e. The molecule has 0 bridgehead atoms. The first-order valence-corrected chi connectivity index (χ1v) is 7.69. The molecule has 1 aliphatic heterocycles. The topological polar surface area (TPSA) is 69.6 Å². The molecule has 0 aromatic heterocycles. The van der Waals surface area contributed by atoms with Crippen LogP contribution in [0.5, 0.6) is 0 Å². The zero-order valence-corrected chi connectivity index (χ0v) is 12.9. The number of nitrogens with one attached hydrogen (secondary N) is 1. The fraction of sp³-hybridized carbons (Fsp3) is 0.222. The molecule has 0 fully saturated rings. The van der Waals surface area contributed by atoms with Gasteiger partial charge in [-0.25, -0.2) is 9.18 Å². The second kappa shape index (κ2) is 6.70. The van der Waals surface area contributed by atoms with Gasteiger partial charge in [-0.1, -0.05) is 36.4 Å². The lowest BCUT2D eigenvalue weighted by Crippen LogP contribution is -2.48. The highest BCUT2D eigenvalue weighted by molar-refractivity contribution is 5.99. The monoisotopic (exact) mass is 328 g/mol. The van der Waals surface area contributed by atoms with Crippen LogP contribution in [0.2, 0.25) is 0 Å². The van der Waals surface area contributed by atoms with E-state index in [0.29, 0.717) is 24.1 Å². The van der Waals surface area contributed by atoms with Crippen molar-refractivity contribution in [3.63, 3.8) is 0 Å². The van der Waals surface area contributed by atoms with E-state index >= 15 is 0 Å². The summed E-state index contributed by atoms with van der Waals surface area (Å²) >= 11 is 0. The van der Waals surface area contributed by atoms with E-state index in [1.165, 1.54) is 6.07 Å². The van der Waals surface area contributed by atoms with Gasteiger partial charge in [-0.15, -0.1) is 0 Å². The molecule has 3 rings (SSSR count). The Morgan fingerprint density at radius 2 is 1.88 bits per heavy atom. The highest BCUT2D eigenvalue weighted by atomic mass is 19.1. The smallest absolute Gasteiger partial charge is 0.412 e. The number of hydrogen-bond donors (Lipinski definition) is 2. The summed E-state index contributed by atoms with van der Waals surface area (Å²) in [4.78, 5) is 25.0. The molecule has 2 aromatic carbocycles. The molecule has 1 atom stereocenters. The van der Waals surface area contributed by atoms with E-state index < -0.39 is 12.1 Å². The van der Waals surface area contributed by atoms with E-state index in [0.717, 1.165) is 10.5 Å². The van der Waals surface area contributed by atoms with E-state index in [-0.39, 0.29) is 18.3 Å². The van der Waals surface area contributed by atoms with Gasteiger partial charge in [0.05, 0.1) is 5.69 Å². The van der Waals surface area contributed by atoms with Gasteiger partial charge in [0.25, 0.3) is 0 Å². The minimum absolute atomic E-state index is 0.250. The molecule has 1 aliphatic rings. The number of anilines is 1. The third-order valence-electron chi connectivity index (χ3n) is 4.14. The molecule has 24 heavy (non-hydrogen) atoms. The Kier molecular flexibility index (Phi) is 4.46. The molecule has 0 spiro atoms. The number of hydrogen-bond acceptors (Lipinski definition) is 2. The number of nitrogens with zero attached hydrogens (tertiary/aromatic N) is 1. The van der Waals surface area contributed by atoms with E-state index in [1.54, 1.807) is 30.3 Å². The quantitative estimate of drug-likeness (QED) is 0.906. The van der Waals surface area contributed by atoms with Crippen molar-refractivity contribution in [2.45, 2.75) is 18.9 Å². The number of carbonyl (C=O) groups excluding carboxylic acids is 1. The van der Waals surface area contributed by atoms with Crippen molar-refractivity contribution < 1.29 is 19.1 Å². The summed E-state index contributed by atoms with van der Waals surface area (Å²) in [6.07, 6.45) is -0.465. The number of halogens is 1. The van der Waals surface area contributed by atoms with Crippen LogP contribution in [-0.2, 0) is 17.6 Å². The number of fused-ring (bicyclic) bond motifs is 1. The number of benzene rings is 2. The fourth-order valence-electron chi connectivity index (χ4n) is 2.97. The molecule has 0 aliphatic carbocycles. The van der Waals surface area contributed by atoms with Gasteiger partial charge < -0.3 is 10.4 Å². The maximum Gasteiger partial charge on any atom is 0.412 e. The Balaban J connectivity index is 1.65. The number of amides is 2. The molecular formula is C18H17FN2O3. The van der Waals surface area contributed by atoms with Crippen LogP contribution in [0.25, 0.3) is 0 Å². The third-order valence-corrected chi connectivity index (χ3v) is 4.14. The van der Waals surface area contributed by atoms with Crippen molar-refractivity contribution in [3.05, 3.63) is 65.5 Å². The highest BCUT2D eigenvalue weighted by Gasteiger charge is 2.38. The second-order valence-corrected chi connectivity index (χ2v) is 5.63. The van der Waals surface area contributed by atoms with Crippen molar-refractivity contribution in [3.8, 4) is 0 Å². The number of para-hydroxylation sites is 1. The van der Waals surface area contributed by atoms with Crippen molar-refractivity contribution in [2.75, 3.05) is 11.4 Å². The molecule has 0 saturated heterocycles.